The van der Waals surface area contributed by atoms with E-state index in [0.717, 1.165) is 31.6 Å². The quantitative estimate of drug-likeness (QED) is 0.250. The number of rotatable bonds is 12. The number of hydrogen-bond acceptors (Lipinski definition) is 2. The van der Waals surface area contributed by atoms with Gasteiger partial charge in [0.25, 0.3) is 0 Å². The van der Waals surface area contributed by atoms with E-state index in [4.69, 9.17) is 5.11 Å². The van der Waals surface area contributed by atoms with E-state index in [2.05, 4.69) is 6.08 Å². The fourth-order valence-corrected chi connectivity index (χ4v) is 1.64. The topological polar surface area (TPSA) is 54.4 Å². The van der Waals surface area contributed by atoms with Crippen molar-refractivity contribution in [2.24, 2.45) is 0 Å². The summed E-state index contributed by atoms with van der Waals surface area (Å²) in [6.45, 7) is 0. The Bertz CT molecular complexity index is 314. The first-order valence-electron chi connectivity index (χ1n) is 6.94. The van der Waals surface area contributed by atoms with Gasteiger partial charge in [0.2, 0.25) is 0 Å². The minimum Gasteiger partial charge on any atom is -0.478 e. The Balaban J connectivity index is 3.29. The molecule has 0 aliphatic carbocycles. The maximum absolute atomic E-state index is 10.2. The van der Waals surface area contributed by atoms with E-state index in [1.54, 1.807) is 6.08 Å². The van der Waals surface area contributed by atoms with E-state index in [9.17, 15) is 9.59 Å². The Morgan fingerprint density at radius 2 is 1.37 bits per heavy atom. The second-order valence-electron chi connectivity index (χ2n) is 4.38. The number of carbonyl (C=O) groups excluding carboxylic acids is 1. The third-order valence-electron chi connectivity index (χ3n) is 2.65. The van der Waals surface area contributed by atoms with Crippen LogP contribution in [0.3, 0.4) is 0 Å². The molecular weight excluding hydrogens is 240 g/mol. The second-order valence-corrected chi connectivity index (χ2v) is 4.38. The largest absolute Gasteiger partial charge is 0.478 e. The van der Waals surface area contributed by atoms with E-state index in [1.165, 1.54) is 31.8 Å². The molecule has 0 rings (SSSR count). The van der Waals surface area contributed by atoms with Crippen molar-refractivity contribution in [1.82, 2.24) is 0 Å². The highest BCUT2D eigenvalue weighted by Gasteiger charge is 1.90. The van der Waals surface area contributed by atoms with Crippen LogP contribution in [0, 0.1) is 0 Å². The fourth-order valence-electron chi connectivity index (χ4n) is 1.64. The lowest BCUT2D eigenvalue weighted by Crippen LogP contribution is -1.84. The third-order valence-corrected chi connectivity index (χ3v) is 2.65. The summed E-state index contributed by atoms with van der Waals surface area (Å²) in [4.78, 5) is 20.3. The SMILES string of the molecule is O=CCCCCCCCCC=CC=CC=CC(=O)O. The Labute approximate surface area is 115 Å². The molecule has 0 radical (unpaired) electrons. The number of carboxylic acid groups (broad SMARTS) is 1. The first-order chi connectivity index (χ1) is 9.27. The van der Waals surface area contributed by atoms with Gasteiger partial charge in [0.15, 0.2) is 0 Å². The molecule has 0 bridgehead atoms. The smallest absolute Gasteiger partial charge is 0.328 e. The first-order valence-corrected chi connectivity index (χ1v) is 6.94. The van der Waals surface area contributed by atoms with E-state index in [0.29, 0.717) is 6.42 Å². The van der Waals surface area contributed by atoms with Crippen LogP contribution in [-0.2, 0) is 9.59 Å². The van der Waals surface area contributed by atoms with Gasteiger partial charge in [0, 0.05) is 12.5 Å². The summed E-state index contributed by atoms with van der Waals surface area (Å²) < 4.78 is 0. The predicted molar refractivity (Wildman–Crippen MR) is 78.1 cm³/mol. The number of carbonyl (C=O) groups is 2. The van der Waals surface area contributed by atoms with Crippen molar-refractivity contribution >= 4 is 12.3 Å². The van der Waals surface area contributed by atoms with Crippen molar-refractivity contribution in [1.29, 1.82) is 0 Å². The summed E-state index contributed by atoms with van der Waals surface area (Å²) in [7, 11) is 0. The summed E-state index contributed by atoms with van der Waals surface area (Å²) in [5.41, 5.74) is 0. The average molecular weight is 264 g/mol. The van der Waals surface area contributed by atoms with Crippen LogP contribution in [0.2, 0.25) is 0 Å². The third kappa shape index (κ3) is 16.4. The van der Waals surface area contributed by atoms with Gasteiger partial charge < -0.3 is 9.90 Å². The molecule has 3 nitrogen and oxygen atoms in total. The Hall–Kier alpha value is -1.64. The van der Waals surface area contributed by atoms with Crippen molar-refractivity contribution in [3.8, 4) is 0 Å². The van der Waals surface area contributed by atoms with Gasteiger partial charge in [-0.1, -0.05) is 56.1 Å². The van der Waals surface area contributed by atoms with E-state index >= 15 is 0 Å². The molecule has 0 atom stereocenters. The molecule has 0 aromatic carbocycles. The number of carboxylic acids is 1. The Kier molecular flexibility index (Phi) is 13.2. The number of aldehydes is 1. The zero-order valence-corrected chi connectivity index (χ0v) is 11.5. The lowest BCUT2D eigenvalue weighted by atomic mass is 10.1. The van der Waals surface area contributed by atoms with Crippen molar-refractivity contribution in [3.63, 3.8) is 0 Å². The van der Waals surface area contributed by atoms with Crippen LogP contribution in [0.5, 0.6) is 0 Å². The molecule has 0 fully saturated rings. The Morgan fingerprint density at radius 3 is 2.00 bits per heavy atom. The summed E-state index contributed by atoms with van der Waals surface area (Å²) >= 11 is 0. The molecule has 0 saturated carbocycles. The zero-order chi connectivity index (χ0) is 14.2. The van der Waals surface area contributed by atoms with Crippen LogP contribution < -0.4 is 0 Å². The molecule has 1 N–H and O–H groups in total. The average Bonchev–Trinajstić information content (AvgIpc) is 2.39. The normalized spacial score (nSPS) is 11.8. The van der Waals surface area contributed by atoms with Crippen LogP contribution in [0.15, 0.2) is 36.5 Å². The second kappa shape index (κ2) is 14.4. The molecule has 0 spiro atoms. The van der Waals surface area contributed by atoms with E-state index in [1.807, 2.05) is 12.2 Å². The molecule has 0 amide bonds. The van der Waals surface area contributed by atoms with Crippen LogP contribution >= 0.6 is 0 Å². The molecule has 0 aliphatic rings. The van der Waals surface area contributed by atoms with Gasteiger partial charge in [-0.05, 0) is 19.3 Å². The van der Waals surface area contributed by atoms with Gasteiger partial charge in [0.1, 0.15) is 6.29 Å². The number of aliphatic carboxylic acids is 1. The van der Waals surface area contributed by atoms with Gasteiger partial charge in [-0.3, -0.25) is 0 Å². The number of unbranched alkanes of at least 4 members (excludes halogenated alkanes) is 7. The lowest BCUT2D eigenvalue weighted by molar-refractivity contribution is -0.131. The molecule has 0 unspecified atom stereocenters. The highest BCUT2D eigenvalue weighted by atomic mass is 16.4. The lowest BCUT2D eigenvalue weighted by Gasteiger charge is -1.98. The standard InChI is InChI=1S/C16H24O3/c17-15-13-11-9-7-5-3-1-2-4-6-8-10-12-14-16(18)19/h4,6,8,10,12,14-15H,1-3,5,7,9,11,13H2,(H,18,19). The monoisotopic (exact) mass is 264 g/mol. The molecule has 3 heteroatoms. The molecule has 0 saturated heterocycles. The van der Waals surface area contributed by atoms with Gasteiger partial charge in [0.05, 0.1) is 0 Å². The summed E-state index contributed by atoms with van der Waals surface area (Å²) in [5, 5.41) is 8.35. The van der Waals surface area contributed by atoms with E-state index < -0.39 is 5.97 Å². The van der Waals surface area contributed by atoms with Gasteiger partial charge in [-0.2, -0.15) is 0 Å². The number of hydrogen-bond donors (Lipinski definition) is 1. The minimum absolute atomic E-state index is 0.700. The predicted octanol–water partition coefficient (Wildman–Crippen LogP) is 4.06. The van der Waals surface area contributed by atoms with Crippen molar-refractivity contribution in [2.45, 2.75) is 51.4 Å². The highest BCUT2D eigenvalue weighted by molar-refractivity contribution is 5.80. The van der Waals surface area contributed by atoms with Gasteiger partial charge in [-0.15, -0.1) is 0 Å². The number of allylic oxidation sites excluding steroid dienone is 5. The van der Waals surface area contributed by atoms with Gasteiger partial charge >= 0.3 is 5.97 Å². The Morgan fingerprint density at radius 1 is 0.789 bits per heavy atom. The van der Waals surface area contributed by atoms with E-state index in [-0.39, 0.29) is 0 Å². The molecular formula is C16H24O3. The highest BCUT2D eigenvalue weighted by Crippen LogP contribution is 2.08. The zero-order valence-electron chi connectivity index (χ0n) is 11.5. The maximum Gasteiger partial charge on any atom is 0.328 e. The fraction of sp³-hybridized carbons (Fsp3) is 0.500. The summed E-state index contributed by atoms with van der Waals surface area (Å²) in [6, 6.07) is 0. The molecule has 0 heterocycles. The molecule has 0 aromatic rings. The maximum atomic E-state index is 10.2. The van der Waals surface area contributed by atoms with Crippen LogP contribution in [0.4, 0.5) is 0 Å². The van der Waals surface area contributed by atoms with Crippen LogP contribution in [-0.4, -0.2) is 17.4 Å². The first kappa shape index (κ1) is 17.4. The molecule has 0 aromatic heterocycles. The molecule has 19 heavy (non-hydrogen) atoms. The van der Waals surface area contributed by atoms with Gasteiger partial charge in [-0.25, -0.2) is 4.79 Å². The summed E-state index contributed by atoms with van der Waals surface area (Å²) in [6.07, 6.45) is 20.0. The molecule has 106 valence electrons. The van der Waals surface area contributed by atoms with Crippen molar-refractivity contribution in [3.05, 3.63) is 36.5 Å². The minimum atomic E-state index is -0.929. The summed E-state index contributed by atoms with van der Waals surface area (Å²) in [5.74, 6) is -0.929. The van der Waals surface area contributed by atoms with Crippen LogP contribution in [0.25, 0.3) is 0 Å². The molecule has 0 aliphatic heterocycles. The van der Waals surface area contributed by atoms with Crippen LogP contribution in [0.1, 0.15) is 51.4 Å². The van der Waals surface area contributed by atoms with Crippen molar-refractivity contribution in [2.75, 3.05) is 0 Å². The van der Waals surface area contributed by atoms with Crippen molar-refractivity contribution < 1.29 is 14.7 Å².